The monoisotopic (exact) mass is 487 g/mol. The number of nitrogens with zero attached hydrogens (tertiary/aromatic N) is 3. The fourth-order valence-corrected chi connectivity index (χ4v) is 5.15. The van der Waals surface area contributed by atoms with E-state index in [1.807, 2.05) is 0 Å². The average Bonchev–Trinajstić information content (AvgIpc) is 3.36. The summed E-state index contributed by atoms with van der Waals surface area (Å²) in [5.74, 6) is -2.84. The normalized spacial score (nSPS) is 19.7. The number of benzene rings is 2. The molecule has 2 heterocycles. The van der Waals surface area contributed by atoms with Gasteiger partial charge in [-0.2, -0.15) is 17.5 Å². The van der Waals surface area contributed by atoms with Gasteiger partial charge in [0.05, 0.1) is 18.4 Å². The van der Waals surface area contributed by atoms with Crippen LogP contribution in [0.25, 0.3) is 0 Å². The number of halogens is 5. The molecule has 176 valence electrons. The predicted octanol–water partition coefficient (Wildman–Crippen LogP) is 3.95. The fourth-order valence-electron chi connectivity index (χ4n) is 3.71. The molecule has 0 unspecified atom stereocenters. The van der Waals surface area contributed by atoms with Crippen LogP contribution in [0.5, 0.6) is 5.75 Å². The molecule has 1 aromatic heterocycles. The van der Waals surface area contributed by atoms with Crippen LogP contribution in [0.4, 0.5) is 22.0 Å². The highest BCUT2D eigenvalue weighted by molar-refractivity contribution is 7.89. The topological polar surface area (TPSA) is 64.4 Å². The molecule has 2 aromatic carbocycles. The number of sulfonamides is 1. The first-order valence-electron chi connectivity index (χ1n) is 9.72. The van der Waals surface area contributed by atoms with Crippen LogP contribution in [0.3, 0.4) is 0 Å². The Kier molecular flexibility index (Phi) is 5.91. The van der Waals surface area contributed by atoms with Crippen LogP contribution in [-0.4, -0.2) is 41.5 Å². The maximum atomic E-state index is 13.7. The summed E-state index contributed by atoms with van der Waals surface area (Å²) in [6, 6.07) is 7.53. The molecule has 0 aliphatic carbocycles. The van der Waals surface area contributed by atoms with Crippen molar-refractivity contribution in [2.45, 2.75) is 23.2 Å². The molecule has 1 fully saturated rings. The van der Waals surface area contributed by atoms with E-state index in [2.05, 4.69) is 4.98 Å². The number of alkyl halides is 3. The van der Waals surface area contributed by atoms with Gasteiger partial charge in [-0.25, -0.2) is 22.2 Å². The van der Waals surface area contributed by atoms with Gasteiger partial charge in [0.1, 0.15) is 23.5 Å². The Morgan fingerprint density at radius 3 is 2.36 bits per heavy atom. The minimum absolute atomic E-state index is 0.0669. The van der Waals surface area contributed by atoms with Crippen molar-refractivity contribution in [3.05, 3.63) is 77.8 Å². The molecule has 0 bridgehead atoms. The molecule has 4 rings (SSSR count). The molecule has 33 heavy (non-hydrogen) atoms. The number of imidazole rings is 1. The van der Waals surface area contributed by atoms with Crippen molar-refractivity contribution in [3.63, 3.8) is 0 Å². The third kappa shape index (κ3) is 4.71. The van der Waals surface area contributed by atoms with Gasteiger partial charge < -0.3 is 9.30 Å². The molecular formula is C21H18F5N3O3S. The molecule has 0 N–H and O–H groups in total. The van der Waals surface area contributed by atoms with Gasteiger partial charge >= 0.3 is 6.18 Å². The van der Waals surface area contributed by atoms with Crippen molar-refractivity contribution >= 4 is 10.0 Å². The second-order valence-electron chi connectivity index (χ2n) is 7.65. The van der Waals surface area contributed by atoms with Crippen LogP contribution in [0.2, 0.25) is 0 Å². The van der Waals surface area contributed by atoms with Crippen molar-refractivity contribution in [1.82, 2.24) is 13.9 Å². The van der Waals surface area contributed by atoms with Crippen LogP contribution >= 0.6 is 0 Å². The highest BCUT2D eigenvalue weighted by Gasteiger charge is 2.43. The van der Waals surface area contributed by atoms with E-state index >= 15 is 0 Å². The van der Waals surface area contributed by atoms with E-state index < -0.39 is 45.4 Å². The fraction of sp³-hybridized carbons (Fsp3) is 0.286. The summed E-state index contributed by atoms with van der Waals surface area (Å²) in [6.07, 6.45) is -3.19. The molecular weight excluding hydrogens is 469 g/mol. The average molecular weight is 487 g/mol. The highest BCUT2D eigenvalue weighted by Crippen LogP contribution is 2.37. The Balaban J connectivity index is 1.67. The molecule has 12 heteroatoms. The highest BCUT2D eigenvalue weighted by atomic mass is 32.2. The molecule has 0 saturated carbocycles. The second-order valence-corrected chi connectivity index (χ2v) is 9.54. The van der Waals surface area contributed by atoms with Crippen molar-refractivity contribution in [1.29, 1.82) is 0 Å². The number of ether oxygens (including phenoxy) is 1. The third-order valence-electron chi connectivity index (χ3n) is 5.35. The van der Waals surface area contributed by atoms with Crippen molar-refractivity contribution in [3.8, 4) is 5.75 Å². The van der Waals surface area contributed by atoms with Crippen molar-refractivity contribution < 1.29 is 35.1 Å². The number of aryl methyl sites for hydroxylation is 1. The predicted molar refractivity (Wildman–Crippen MR) is 107 cm³/mol. The lowest BCUT2D eigenvalue weighted by Gasteiger charge is -2.21. The quantitative estimate of drug-likeness (QED) is 0.512. The van der Waals surface area contributed by atoms with Crippen molar-refractivity contribution in [2.24, 2.45) is 7.05 Å². The molecule has 1 aliphatic heterocycles. The van der Waals surface area contributed by atoms with Crippen LogP contribution in [0.1, 0.15) is 17.0 Å². The van der Waals surface area contributed by atoms with E-state index in [9.17, 15) is 30.4 Å². The summed E-state index contributed by atoms with van der Waals surface area (Å²) in [5, 5.41) is -0.190. The molecule has 1 aliphatic rings. The Bertz CT molecular complexity index is 1260. The first-order chi connectivity index (χ1) is 15.4. The molecule has 1 saturated heterocycles. The lowest BCUT2D eigenvalue weighted by atomic mass is 9.96. The number of hydrogen-bond acceptors (Lipinski definition) is 4. The van der Waals surface area contributed by atoms with Crippen LogP contribution in [0, 0.1) is 11.6 Å². The van der Waals surface area contributed by atoms with E-state index in [0.717, 1.165) is 10.4 Å². The Hall–Kier alpha value is -2.99. The minimum atomic E-state index is -4.93. The summed E-state index contributed by atoms with van der Waals surface area (Å²) < 4.78 is 101. The molecule has 0 amide bonds. The molecule has 0 radical (unpaired) electrons. The smallest absolute Gasteiger partial charge is 0.419 e. The first-order valence-corrected chi connectivity index (χ1v) is 11.2. The summed E-state index contributed by atoms with van der Waals surface area (Å²) in [5.41, 5.74) is -0.951. The SMILES string of the molecule is Cn1cnc(S(=O)(=O)N2C[C@@H](Oc3ccc(F)c(C(F)(F)F)c3)[C@H](c3ccc(F)cc3)C2)c1. The summed E-state index contributed by atoms with van der Waals surface area (Å²) in [6.45, 7) is -0.262. The van der Waals surface area contributed by atoms with E-state index in [1.54, 1.807) is 7.05 Å². The zero-order chi connectivity index (χ0) is 24.0. The van der Waals surface area contributed by atoms with E-state index in [1.165, 1.54) is 41.4 Å². The van der Waals surface area contributed by atoms with E-state index in [0.29, 0.717) is 17.7 Å². The van der Waals surface area contributed by atoms with E-state index in [4.69, 9.17) is 4.74 Å². The maximum Gasteiger partial charge on any atom is 0.419 e. The van der Waals surface area contributed by atoms with Gasteiger partial charge in [-0.3, -0.25) is 0 Å². The maximum absolute atomic E-state index is 13.7. The molecule has 3 aromatic rings. The Labute approximate surface area is 186 Å². The van der Waals surface area contributed by atoms with Gasteiger partial charge in [-0.15, -0.1) is 0 Å². The van der Waals surface area contributed by atoms with Gasteiger partial charge in [0, 0.05) is 25.7 Å². The van der Waals surface area contributed by atoms with E-state index in [-0.39, 0.29) is 23.9 Å². The largest absolute Gasteiger partial charge is 0.488 e. The lowest BCUT2D eigenvalue weighted by molar-refractivity contribution is -0.140. The van der Waals surface area contributed by atoms with Crippen LogP contribution < -0.4 is 4.74 Å². The third-order valence-corrected chi connectivity index (χ3v) is 7.06. The zero-order valence-corrected chi connectivity index (χ0v) is 17.9. The Morgan fingerprint density at radius 2 is 1.76 bits per heavy atom. The van der Waals surface area contributed by atoms with Gasteiger partial charge in [0.15, 0.2) is 5.03 Å². The van der Waals surface area contributed by atoms with Gasteiger partial charge in [0.25, 0.3) is 10.0 Å². The standard InChI is InChI=1S/C21H18F5N3O3S/c1-28-11-20(27-12-28)33(30,31)29-9-16(13-2-4-14(22)5-3-13)19(10-29)32-15-6-7-18(23)17(8-15)21(24,25)26/h2-8,11-12,16,19H,9-10H2,1H3/t16-,19+/m0/s1. The summed E-state index contributed by atoms with van der Waals surface area (Å²) in [7, 11) is -2.42. The summed E-state index contributed by atoms with van der Waals surface area (Å²) in [4.78, 5) is 3.88. The number of hydrogen-bond donors (Lipinski definition) is 0. The lowest BCUT2D eigenvalue weighted by Crippen LogP contribution is -2.31. The van der Waals surface area contributed by atoms with Gasteiger partial charge in [0.2, 0.25) is 0 Å². The molecule has 2 atom stereocenters. The van der Waals surface area contributed by atoms with Crippen LogP contribution in [-0.2, 0) is 23.2 Å². The van der Waals surface area contributed by atoms with Crippen molar-refractivity contribution in [2.75, 3.05) is 13.1 Å². The zero-order valence-electron chi connectivity index (χ0n) is 17.1. The van der Waals surface area contributed by atoms with Gasteiger partial charge in [-0.1, -0.05) is 12.1 Å². The number of rotatable bonds is 5. The van der Waals surface area contributed by atoms with Crippen LogP contribution in [0.15, 0.2) is 60.0 Å². The first kappa shape index (κ1) is 23.2. The molecule has 6 nitrogen and oxygen atoms in total. The summed E-state index contributed by atoms with van der Waals surface area (Å²) >= 11 is 0. The van der Waals surface area contributed by atoms with Gasteiger partial charge in [-0.05, 0) is 35.9 Å². The Morgan fingerprint density at radius 1 is 1.06 bits per heavy atom. The molecule has 0 spiro atoms. The number of aromatic nitrogens is 2. The second kappa shape index (κ2) is 8.41. The minimum Gasteiger partial charge on any atom is -0.488 e.